The van der Waals surface area contributed by atoms with E-state index in [9.17, 15) is 4.79 Å². The van der Waals surface area contributed by atoms with Gasteiger partial charge in [0.15, 0.2) is 0 Å². The van der Waals surface area contributed by atoms with Gasteiger partial charge in [-0.25, -0.2) is 0 Å². The van der Waals surface area contributed by atoms with E-state index in [0.29, 0.717) is 0 Å². The quantitative estimate of drug-likeness (QED) is 0.506. The number of aliphatic carboxylic acids is 1. The molecule has 0 bridgehead atoms. The van der Waals surface area contributed by atoms with Crippen LogP contribution >= 0.6 is 0 Å². The predicted molar refractivity (Wildman–Crippen MR) is 52.6 cm³/mol. The smallest absolute Gasteiger partial charge is 0.317 e. The highest BCUT2D eigenvalue weighted by Gasteiger charge is 2.45. The van der Waals surface area contributed by atoms with Gasteiger partial charge in [0.1, 0.15) is 5.41 Å². The first kappa shape index (κ1) is 10.3. The monoisotopic (exact) mass is 182 g/mol. The molecule has 1 atom stereocenters. The minimum atomic E-state index is -0.696. The topological polar surface area (TPSA) is 37.3 Å². The number of hydrogen-bond donors (Lipinski definition) is 1. The molecule has 74 valence electrons. The van der Waals surface area contributed by atoms with E-state index in [2.05, 4.69) is 6.92 Å². The van der Waals surface area contributed by atoms with Crippen LogP contribution in [0.1, 0.15) is 46.0 Å². The third-order valence-corrected chi connectivity index (χ3v) is 2.79. The number of carbonyl (C=O) groups is 1. The normalized spacial score (nSPS) is 25.5. The summed E-state index contributed by atoms with van der Waals surface area (Å²) in [6, 6.07) is 0. The summed E-state index contributed by atoms with van der Waals surface area (Å²) in [6.07, 6.45) is 7.71. The molecule has 0 aromatic rings. The second kappa shape index (κ2) is 3.95. The molecule has 0 aromatic heterocycles. The van der Waals surface area contributed by atoms with Crippen molar-refractivity contribution in [1.29, 1.82) is 0 Å². The second-order valence-corrected chi connectivity index (χ2v) is 3.99. The van der Waals surface area contributed by atoms with Gasteiger partial charge in [0.25, 0.3) is 0 Å². The molecule has 2 heteroatoms. The first-order valence-corrected chi connectivity index (χ1v) is 5.07. The second-order valence-electron chi connectivity index (χ2n) is 3.99. The maximum absolute atomic E-state index is 10.7. The fourth-order valence-corrected chi connectivity index (χ4v) is 1.59. The van der Waals surface area contributed by atoms with Gasteiger partial charge in [-0.05, 0) is 19.8 Å². The number of carboxylic acid groups (broad SMARTS) is 1. The van der Waals surface area contributed by atoms with Gasteiger partial charge in [0, 0.05) is 0 Å². The standard InChI is InChI=1S/C11H18O2/c1-3-4-5-6-7-9-8-11(9,2)10(12)13/h8H,3-7H2,1-2H3,(H,12,13). The molecule has 0 fully saturated rings. The summed E-state index contributed by atoms with van der Waals surface area (Å²) in [4.78, 5) is 10.7. The number of rotatable bonds is 6. The lowest BCUT2D eigenvalue weighted by Crippen LogP contribution is -2.14. The first-order chi connectivity index (χ1) is 6.11. The minimum Gasteiger partial charge on any atom is -0.480 e. The van der Waals surface area contributed by atoms with Crippen LogP contribution < -0.4 is 0 Å². The van der Waals surface area contributed by atoms with E-state index in [1.165, 1.54) is 19.3 Å². The molecule has 0 heterocycles. The van der Waals surface area contributed by atoms with Gasteiger partial charge < -0.3 is 5.11 Å². The highest BCUT2D eigenvalue weighted by Crippen LogP contribution is 2.46. The van der Waals surface area contributed by atoms with Crippen molar-refractivity contribution >= 4 is 5.97 Å². The van der Waals surface area contributed by atoms with Gasteiger partial charge in [-0.1, -0.05) is 37.8 Å². The zero-order valence-corrected chi connectivity index (χ0v) is 8.47. The van der Waals surface area contributed by atoms with Crippen LogP contribution in [0.2, 0.25) is 0 Å². The summed E-state index contributed by atoms with van der Waals surface area (Å²) in [7, 11) is 0. The van der Waals surface area contributed by atoms with Gasteiger partial charge in [-0.15, -0.1) is 0 Å². The maximum Gasteiger partial charge on any atom is 0.317 e. The number of unbranched alkanes of at least 4 members (excludes halogenated alkanes) is 3. The third-order valence-electron chi connectivity index (χ3n) is 2.79. The molecule has 0 spiro atoms. The fourth-order valence-electron chi connectivity index (χ4n) is 1.59. The van der Waals surface area contributed by atoms with Crippen molar-refractivity contribution in [3.05, 3.63) is 11.6 Å². The SMILES string of the molecule is CCCCCCC1=CC1(C)C(=O)O. The van der Waals surface area contributed by atoms with E-state index < -0.39 is 11.4 Å². The van der Waals surface area contributed by atoms with E-state index in [0.717, 1.165) is 18.4 Å². The molecule has 1 N–H and O–H groups in total. The van der Waals surface area contributed by atoms with Crippen molar-refractivity contribution in [3.8, 4) is 0 Å². The Morgan fingerprint density at radius 3 is 2.62 bits per heavy atom. The van der Waals surface area contributed by atoms with Crippen LogP contribution in [0.3, 0.4) is 0 Å². The van der Waals surface area contributed by atoms with E-state index in [1.807, 2.05) is 6.08 Å². The Hall–Kier alpha value is -0.790. The molecular formula is C11H18O2. The van der Waals surface area contributed by atoms with Crippen molar-refractivity contribution in [1.82, 2.24) is 0 Å². The molecule has 13 heavy (non-hydrogen) atoms. The Kier molecular flexibility index (Phi) is 3.12. The molecule has 1 aliphatic carbocycles. The van der Waals surface area contributed by atoms with Crippen LogP contribution in [-0.4, -0.2) is 11.1 Å². The van der Waals surface area contributed by atoms with E-state index in [-0.39, 0.29) is 0 Å². The maximum atomic E-state index is 10.7. The van der Waals surface area contributed by atoms with Crippen LogP contribution in [0.25, 0.3) is 0 Å². The molecule has 2 nitrogen and oxygen atoms in total. The first-order valence-electron chi connectivity index (χ1n) is 5.07. The summed E-state index contributed by atoms with van der Waals surface area (Å²) >= 11 is 0. The molecule has 0 radical (unpaired) electrons. The Bertz CT molecular complexity index is 230. The summed E-state index contributed by atoms with van der Waals surface area (Å²) in [6.45, 7) is 3.96. The van der Waals surface area contributed by atoms with Crippen LogP contribution in [-0.2, 0) is 4.79 Å². The third kappa shape index (κ3) is 2.33. The summed E-state index contributed by atoms with van der Waals surface area (Å²) in [5.74, 6) is -0.696. The summed E-state index contributed by atoms with van der Waals surface area (Å²) in [5, 5.41) is 8.83. The molecule has 0 aliphatic heterocycles. The van der Waals surface area contributed by atoms with Crippen molar-refractivity contribution in [3.63, 3.8) is 0 Å². The molecule has 1 unspecified atom stereocenters. The molecule has 0 aromatic carbocycles. The number of carboxylic acids is 1. The average molecular weight is 182 g/mol. The van der Waals surface area contributed by atoms with Crippen molar-refractivity contribution in [2.75, 3.05) is 0 Å². The van der Waals surface area contributed by atoms with E-state index in [1.54, 1.807) is 6.92 Å². The van der Waals surface area contributed by atoms with E-state index >= 15 is 0 Å². The number of hydrogen-bond acceptors (Lipinski definition) is 1. The highest BCUT2D eigenvalue weighted by molar-refractivity contribution is 5.86. The van der Waals surface area contributed by atoms with Crippen molar-refractivity contribution < 1.29 is 9.90 Å². The summed E-state index contributed by atoms with van der Waals surface area (Å²) < 4.78 is 0. The Morgan fingerprint density at radius 1 is 1.46 bits per heavy atom. The Balaban J connectivity index is 2.13. The Labute approximate surface area is 79.6 Å². The lowest BCUT2D eigenvalue weighted by atomic mass is 10.00. The van der Waals surface area contributed by atoms with E-state index in [4.69, 9.17) is 5.11 Å². The minimum absolute atomic E-state index is 0.577. The van der Waals surface area contributed by atoms with Gasteiger partial charge >= 0.3 is 5.97 Å². The zero-order valence-electron chi connectivity index (χ0n) is 8.47. The zero-order chi connectivity index (χ0) is 9.90. The molecule has 0 saturated heterocycles. The van der Waals surface area contributed by atoms with Crippen LogP contribution in [0.5, 0.6) is 0 Å². The van der Waals surface area contributed by atoms with Gasteiger partial charge in [-0.2, -0.15) is 0 Å². The fraction of sp³-hybridized carbons (Fsp3) is 0.727. The van der Waals surface area contributed by atoms with Crippen molar-refractivity contribution in [2.24, 2.45) is 5.41 Å². The molecule has 1 rings (SSSR count). The lowest BCUT2D eigenvalue weighted by molar-refractivity contribution is -0.141. The van der Waals surface area contributed by atoms with Gasteiger partial charge in [-0.3, -0.25) is 4.79 Å². The van der Waals surface area contributed by atoms with Gasteiger partial charge in [0.2, 0.25) is 0 Å². The largest absolute Gasteiger partial charge is 0.480 e. The molecule has 0 amide bonds. The molecule has 0 saturated carbocycles. The van der Waals surface area contributed by atoms with Crippen molar-refractivity contribution in [2.45, 2.75) is 46.0 Å². The average Bonchev–Trinajstić information content (AvgIpc) is 2.73. The lowest BCUT2D eigenvalue weighted by Gasteiger charge is -2.05. The van der Waals surface area contributed by atoms with Crippen LogP contribution in [0.4, 0.5) is 0 Å². The van der Waals surface area contributed by atoms with Crippen LogP contribution in [0.15, 0.2) is 11.6 Å². The highest BCUT2D eigenvalue weighted by atomic mass is 16.4. The Morgan fingerprint density at radius 2 is 2.15 bits per heavy atom. The predicted octanol–water partition coefficient (Wildman–Crippen LogP) is 2.99. The summed E-state index contributed by atoms with van der Waals surface area (Å²) in [5.41, 5.74) is 0.544. The molecular weight excluding hydrogens is 164 g/mol. The van der Waals surface area contributed by atoms with Crippen LogP contribution in [0, 0.1) is 5.41 Å². The van der Waals surface area contributed by atoms with Gasteiger partial charge in [0.05, 0.1) is 0 Å². The molecule has 1 aliphatic rings.